The van der Waals surface area contributed by atoms with Crippen molar-refractivity contribution in [3.8, 4) is 11.5 Å². The van der Waals surface area contributed by atoms with Gasteiger partial charge >= 0.3 is 0 Å². The molecule has 0 aliphatic heterocycles. The molecule has 100 valence electrons. The summed E-state index contributed by atoms with van der Waals surface area (Å²) in [5.41, 5.74) is -0.0362. The molecule has 1 rings (SSSR count). The maximum Gasteiger partial charge on any atom is 0.276 e. The van der Waals surface area contributed by atoms with E-state index in [0.717, 1.165) is 13.0 Å². The predicted molar refractivity (Wildman–Crippen MR) is 68.3 cm³/mol. The molecule has 0 amide bonds. The van der Waals surface area contributed by atoms with E-state index in [2.05, 4.69) is 12.2 Å². The zero-order valence-corrected chi connectivity index (χ0v) is 10.6. The fourth-order valence-corrected chi connectivity index (χ4v) is 1.41. The van der Waals surface area contributed by atoms with E-state index in [4.69, 9.17) is 9.47 Å². The molecule has 0 fully saturated rings. The summed E-state index contributed by atoms with van der Waals surface area (Å²) in [6.45, 7) is 4.18. The Hall–Kier alpha value is -1.82. The van der Waals surface area contributed by atoms with Crippen LogP contribution >= 0.6 is 0 Å². The highest BCUT2D eigenvalue weighted by molar-refractivity contribution is 5.45. The fraction of sp³-hybridized carbons (Fsp3) is 0.500. The molecule has 1 aromatic rings. The molecule has 0 saturated carbocycles. The van der Waals surface area contributed by atoms with Crippen LogP contribution in [0.2, 0.25) is 0 Å². The minimum absolute atomic E-state index is 0.0362. The first-order valence-electron chi connectivity index (χ1n) is 5.84. The molecule has 0 heterocycles. The molecule has 0 atom stereocenters. The fourth-order valence-electron chi connectivity index (χ4n) is 1.41. The summed E-state index contributed by atoms with van der Waals surface area (Å²) in [6, 6.07) is 4.39. The molecule has 0 spiro atoms. The number of hydrogen-bond acceptors (Lipinski definition) is 5. The van der Waals surface area contributed by atoms with E-state index in [1.54, 1.807) is 6.07 Å². The lowest BCUT2D eigenvalue weighted by Gasteiger charge is -2.08. The largest absolute Gasteiger partial charge is 0.496 e. The van der Waals surface area contributed by atoms with Crippen molar-refractivity contribution in [2.24, 2.45) is 0 Å². The Morgan fingerprint density at radius 1 is 1.28 bits per heavy atom. The molecule has 0 aliphatic carbocycles. The highest BCUT2D eigenvalue weighted by atomic mass is 16.6. The SMILES string of the molecule is CCCNCCOc1cc(OC)cc([N+](=O)[O-])c1. The first kappa shape index (κ1) is 14.2. The third-order valence-corrected chi connectivity index (χ3v) is 2.29. The maximum atomic E-state index is 10.7. The minimum Gasteiger partial charge on any atom is -0.496 e. The molecule has 0 bridgehead atoms. The van der Waals surface area contributed by atoms with E-state index >= 15 is 0 Å². The second kappa shape index (κ2) is 7.50. The van der Waals surface area contributed by atoms with Gasteiger partial charge in [-0.2, -0.15) is 0 Å². The zero-order valence-electron chi connectivity index (χ0n) is 10.6. The predicted octanol–water partition coefficient (Wildman–Crippen LogP) is 1.98. The Morgan fingerprint density at radius 2 is 2.00 bits per heavy atom. The van der Waals surface area contributed by atoms with Gasteiger partial charge in [0.05, 0.1) is 24.2 Å². The molecule has 0 aromatic heterocycles. The molecular weight excluding hydrogens is 236 g/mol. The summed E-state index contributed by atoms with van der Waals surface area (Å²) in [6.07, 6.45) is 1.06. The molecular formula is C12H18N2O4. The number of non-ortho nitro benzene ring substituents is 1. The summed E-state index contributed by atoms with van der Waals surface area (Å²) in [7, 11) is 1.46. The Labute approximate surface area is 106 Å². The number of rotatable bonds is 8. The van der Waals surface area contributed by atoms with Gasteiger partial charge in [0.25, 0.3) is 5.69 Å². The van der Waals surface area contributed by atoms with E-state index < -0.39 is 4.92 Å². The van der Waals surface area contributed by atoms with Gasteiger partial charge in [-0.25, -0.2) is 0 Å². The number of nitrogens with zero attached hydrogens (tertiary/aromatic N) is 1. The van der Waals surface area contributed by atoms with Crippen molar-refractivity contribution >= 4 is 5.69 Å². The number of nitrogens with one attached hydrogen (secondary N) is 1. The van der Waals surface area contributed by atoms with Gasteiger partial charge in [0.2, 0.25) is 0 Å². The molecule has 18 heavy (non-hydrogen) atoms. The minimum atomic E-state index is -0.468. The van der Waals surface area contributed by atoms with Gasteiger partial charge in [0, 0.05) is 12.6 Å². The van der Waals surface area contributed by atoms with Crippen LogP contribution in [-0.2, 0) is 0 Å². The summed E-state index contributed by atoms with van der Waals surface area (Å²) < 4.78 is 10.4. The average molecular weight is 254 g/mol. The molecule has 1 aromatic carbocycles. The first-order valence-corrected chi connectivity index (χ1v) is 5.84. The number of nitro groups is 1. The first-order chi connectivity index (χ1) is 8.67. The Kier molecular flexibility index (Phi) is 5.93. The van der Waals surface area contributed by atoms with Crippen LogP contribution in [0.5, 0.6) is 11.5 Å². The number of benzene rings is 1. The van der Waals surface area contributed by atoms with Gasteiger partial charge in [-0.05, 0) is 13.0 Å². The van der Waals surface area contributed by atoms with Crippen molar-refractivity contribution < 1.29 is 14.4 Å². The quantitative estimate of drug-likeness (QED) is 0.436. The van der Waals surface area contributed by atoms with Crippen molar-refractivity contribution in [3.63, 3.8) is 0 Å². The summed E-state index contributed by atoms with van der Waals surface area (Å²) in [4.78, 5) is 10.3. The van der Waals surface area contributed by atoms with E-state index in [1.807, 2.05) is 0 Å². The van der Waals surface area contributed by atoms with Gasteiger partial charge in [-0.3, -0.25) is 10.1 Å². The standard InChI is InChI=1S/C12H18N2O4/c1-3-4-13-5-6-18-12-8-10(14(15)16)7-11(9-12)17-2/h7-9,13H,3-6H2,1-2H3. The maximum absolute atomic E-state index is 10.7. The van der Waals surface area contributed by atoms with Gasteiger partial charge in [-0.1, -0.05) is 6.92 Å². The Bertz CT molecular complexity index is 396. The molecule has 0 saturated heterocycles. The molecule has 6 heteroatoms. The topological polar surface area (TPSA) is 73.6 Å². The van der Waals surface area contributed by atoms with Crippen LogP contribution in [0, 0.1) is 10.1 Å². The Morgan fingerprint density at radius 3 is 2.61 bits per heavy atom. The highest BCUT2D eigenvalue weighted by Crippen LogP contribution is 2.27. The molecule has 6 nitrogen and oxygen atoms in total. The van der Waals surface area contributed by atoms with Gasteiger partial charge in [-0.15, -0.1) is 0 Å². The average Bonchev–Trinajstić information content (AvgIpc) is 2.38. The van der Waals surface area contributed by atoms with Crippen LogP contribution in [0.1, 0.15) is 13.3 Å². The molecule has 1 N–H and O–H groups in total. The summed E-state index contributed by atoms with van der Waals surface area (Å²) in [5, 5.41) is 13.9. The monoisotopic (exact) mass is 254 g/mol. The second-order valence-corrected chi connectivity index (χ2v) is 3.72. The van der Waals surface area contributed by atoms with Crippen molar-refractivity contribution in [3.05, 3.63) is 28.3 Å². The lowest BCUT2D eigenvalue weighted by atomic mass is 10.3. The van der Waals surface area contributed by atoms with E-state index in [0.29, 0.717) is 24.7 Å². The van der Waals surface area contributed by atoms with Crippen LogP contribution in [-0.4, -0.2) is 31.7 Å². The van der Waals surface area contributed by atoms with Gasteiger partial charge in [0.1, 0.15) is 18.1 Å². The third kappa shape index (κ3) is 4.58. The van der Waals surface area contributed by atoms with E-state index in [-0.39, 0.29) is 5.69 Å². The normalized spacial score (nSPS) is 10.1. The molecule has 0 radical (unpaired) electrons. The highest BCUT2D eigenvalue weighted by Gasteiger charge is 2.10. The van der Waals surface area contributed by atoms with Crippen molar-refractivity contribution in [1.29, 1.82) is 0 Å². The Balaban J connectivity index is 2.58. The van der Waals surface area contributed by atoms with Crippen molar-refractivity contribution in [1.82, 2.24) is 5.32 Å². The van der Waals surface area contributed by atoms with Crippen LogP contribution < -0.4 is 14.8 Å². The molecule has 0 unspecified atom stereocenters. The summed E-state index contributed by atoms with van der Waals surface area (Å²) >= 11 is 0. The lowest BCUT2D eigenvalue weighted by Crippen LogP contribution is -2.21. The van der Waals surface area contributed by atoms with E-state index in [9.17, 15) is 10.1 Å². The number of methoxy groups -OCH3 is 1. The smallest absolute Gasteiger partial charge is 0.276 e. The van der Waals surface area contributed by atoms with Crippen molar-refractivity contribution in [2.75, 3.05) is 26.8 Å². The van der Waals surface area contributed by atoms with Crippen molar-refractivity contribution in [2.45, 2.75) is 13.3 Å². The summed E-state index contributed by atoms with van der Waals surface area (Å²) in [5.74, 6) is 0.861. The van der Waals surface area contributed by atoms with Crippen LogP contribution in [0.25, 0.3) is 0 Å². The molecule has 0 aliphatic rings. The third-order valence-electron chi connectivity index (χ3n) is 2.29. The van der Waals surface area contributed by atoms with Crippen LogP contribution in [0.15, 0.2) is 18.2 Å². The number of ether oxygens (including phenoxy) is 2. The lowest BCUT2D eigenvalue weighted by molar-refractivity contribution is -0.385. The van der Waals surface area contributed by atoms with Crippen LogP contribution in [0.4, 0.5) is 5.69 Å². The van der Waals surface area contributed by atoms with Gasteiger partial charge < -0.3 is 14.8 Å². The van der Waals surface area contributed by atoms with Gasteiger partial charge in [0.15, 0.2) is 0 Å². The second-order valence-electron chi connectivity index (χ2n) is 3.72. The number of hydrogen-bond donors (Lipinski definition) is 1. The van der Waals surface area contributed by atoms with Crippen LogP contribution in [0.3, 0.4) is 0 Å². The van der Waals surface area contributed by atoms with E-state index in [1.165, 1.54) is 19.2 Å². The number of nitro benzene ring substituents is 1. The zero-order chi connectivity index (χ0) is 13.4.